The second kappa shape index (κ2) is 6.31. The Kier molecular flexibility index (Phi) is 2.21. The average molecular weight is 270 g/mol. The molecule has 0 radical (unpaired) electrons. The highest BCUT2D eigenvalue weighted by atomic mass is 35.5. The molecular formula is C7H15Cl2N2O2P. The highest BCUT2D eigenvalue weighted by Gasteiger charge is 2.32. The van der Waals surface area contributed by atoms with E-state index < -0.39 is 32.3 Å². The van der Waals surface area contributed by atoms with Crippen LogP contribution in [0.5, 0.6) is 0 Å². The molecule has 1 heterocycles. The van der Waals surface area contributed by atoms with E-state index in [4.69, 9.17) is 40.1 Å². The molecule has 1 atom stereocenters. The van der Waals surface area contributed by atoms with Crippen LogP contribution >= 0.6 is 30.9 Å². The van der Waals surface area contributed by atoms with E-state index in [1.807, 2.05) is 0 Å². The third-order valence-corrected chi connectivity index (χ3v) is 3.34. The van der Waals surface area contributed by atoms with Gasteiger partial charge in [0.15, 0.2) is 0 Å². The quantitative estimate of drug-likeness (QED) is 0.612. The Bertz CT molecular complexity index is 471. The highest BCUT2D eigenvalue weighted by Crippen LogP contribution is 2.47. The van der Waals surface area contributed by atoms with E-state index in [1.165, 1.54) is 0 Å². The summed E-state index contributed by atoms with van der Waals surface area (Å²) in [7, 11) is -4.82. The van der Waals surface area contributed by atoms with Gasteiger partial charge < -0.3 is 4.52 Å². The summed E-state index contributed by atoms with van der Waals surface area (Å²) in [5, 5.41) is 0.261. The topological polar surface area (TPSA) is 41.6 Å². The molecule has 0 bridgehead atoms. The van der Waals surface area contributed by atoms with Gasteiger partial charge in [-0.25, -0.2) is 9.75 Å². The van der Waals surface area contributed by atoms with Crippen LogP contribution in [0.1, 0.15) is 17.4 Å². The van der Waals surface area contributed by atoms with Crippen molar-refractivity contribution in [3.05, 3.63) is 0 Å². The first-order valence-electron chi connectivity index (χ1n) is 8.14. The highest BCUT2D eigenvalue weighted by molar-refractivity contribution is 7.54. The molecule has 84 valence electrons. The van der Waals surface area contributed by atoms with Gasteiger partial charge in [0, 0.05) is 42.2 Å². The molecule has 1 unspecified atom stereocenters. The molecule has 1 saturated heterocycles. The van der Waals surface area contributed by atoms with Crippen molar-refractivity contribution in [1.29, 1.82) is 0 Å². The Morgan fingerprint density at radius 2 is 2.21 bits per heavy atom. The van der Waals surface area contributed by atoms with Crippen molar-refractivity contribution in [3.8, 4) is 0 Å². The molecule has 0 aromatic rings. The van der Waals surface area contributed by atoms with Crippen LogP contribution in [0.15, 0.2) is 0 Å². The van der Waals surface area contributed by atoms with Gasteiger partial charge in [0.2, 0.25) is 0 Å². The van der Waals surface area contributed by atoms with E-state index in [0.717, 1.165) is 0 Å². The van der Waals surface area contributed by atoms with Gasteiger partial charge in [-0.15, -0.1) is 23.2 Å². The number of halogens is 2. The SMILES string of the molecule is [2H]N1CCCOP1(=O)N(C([2H])([2H])C([2H])([2H])Cl)C([2H])([2H])C([2H])([2H])Cl. The van der Waals surface area contributed by atoms with Crippen molar-refractivity contribution >= 4 is 30.9 Å². The summed E-state index contributed by atoms with van der Waals surface area (Å²) < 4.78 is 85.7. The van der Waals surface area contributed by atoms with E-state index in [2.05, 4.69) is 0 Å². The van der Waals surface area contributed by atoms with Crippen molar-refractivity contribution in [2.24, 2.45) is 0 Å². The third-order valence-electron chi connectivity index (χ3n) is 1.39. The van der Waals surface area contributed by atoms with Crippen LogP contribution in [0.3, 0.4) is 0 Å². The second-order valence-corrected chi connectivity index (χ2v) is 4.57. The van der Waals surface area contributed by atoms with E-state index in [0.29, 0.717) is 0 Å². The van der Waals surface area contributed by atoms with Crippen molar-refractivity contribution in [3.63, 3.8) is 0 Å². The fraction of sp³-hybridized carbons (Fsp3) is 1.00. The van der Waals surface area contributed by atoms with Crippen molar-refractivity contribution < 1.29 is 21.5 Å². The largest absolute Gasteiger partial charge is 0.343 e. The molecule has 0 aliphatic carbocycles. The van der Waals surface area contributed by atoms with Crippen LogP contribution in [0.2, 0.25) is 1.41 Å². The Balaban J connectivity index is 3.60. The molecule has 1 N–H and O–H groups in total. The molecule has 14 heavy (non-hydrogen) atoms. The number of nitrogens with one attached hydrogen (secondary N) is 1. The minimum absolute atomic E-state index is 0.184. The average Bonchev–Trinajstić information content (AvgIpc) is 2.29. The maximum absolute atomic E-state index is 13.0. The van der Waals surface area contributed by atoms with Gasteiger partial charge in [-0.1, -0.05) is 0 Å². The Labute approximate surface area is 107 Å². The van der Waals surface area contributed by atoms with E-state index in [9.17, 15) is 4.57 Å². The van der Waals surface area contributed by atoms with Gasteiger partial charge in [-0.3, -0.25) is 4.57 Å². The van der Waals surface area contributed by atoms with E-state index in [1.54, 1.807) is 0 Å². The summed E-state index contributed by atoms with van der Waals surface area (Å²) in [5.41, 5.74) is 0. The molecule has 0 aromatic heterocycles. The third kappa shape index (κ3) is 3.37. The first-order valence-corrected chi connectivity index (χ1v) is 5.98. The first kappa shape index (κ1) is 4.91. The number of hydrogen-bond donors (Lipinski definition) is 1. The molecule has 0 saturated carbocycles. The zero-order valence-electron chi connectivity index (χ0n) is 16.0. The molecular weight excluding hydrogens is 246 g/mol. The summed E-state index contributed by atoms with van der Waals surface area (Å²) >= 11 is 10.7. The summed E-state index contributed by atoms with van der Waals surface area (Å²) in [6.45, 7) is -7.44. The van der Waals surface area contributed by atoms with E-state index in [-0.39, 0.29) is 29.3 Å². The standard InChI is InChI=1S/C7H15Cl2N2O2P/c8-2-5-11(6-3-9)14(12)10-4-1-7-13-14/h1-7H2,(H,10,12)/i2D2,3D2,5D2,6D2/hD. The Morgan fingerprint density at radius 3 is 2.71 bits per heavy atom. The predicted molar refractivity (Wildman–Crippen MR) is 59.2 cm³/mol. The normalized spacial score (nSPS) is 43.2. The van der Waals surface area contributed by atoms with Gasteiger partial charge in [0.1, 0.15) is 1.41 Å². The number of hydrogen-bond acceptors (Lipinski definition) is 2. The fourth-order valence-electron chi connectivity index (χ4n) is 0.841. The van der Waals surface area contributed by atoms with Crippen LogP contribution in [-0.2, 0) is 9.09 Å². The summed E-state index contributed by atoms with van der Waals surface area (Å²) in [6, 6.07) is 0. The fourth-order valence-corrected chi connectivity index (χ4v) is 2.57. The summed E-state index contributed by atoms with van der Waals surface area (Å²) in [4.78, 5) is 0. The van der Waals surface area contributed by atoms with Crippen LogP contribution in [-0.4, -0.2) is 42.5 Å². The number of alkyl halides is 2. The van der Waals surface area contributed by atoms with Gasteiger partial charge in [-0.05, 0) is 6.42 Å². The van der Waals surface area contributed by atoms with Gasteiger partial charge >= 0.3 is 7.67 Å². The number of nitrogens with zero attached hydrogens (tertiary/aromatic N) is 1. The minimum atomic E-state index is -4.82. The van der Waals surface area contributed by atoms with Crippen molar-refractivity contribution in [2.45, 2.75) is 6.42 Å². The lowest BCUT2D eigenvalue weighted by Gasteiger charge is -2.33. The lowest BCUT2D eigenvalue weighted by Crippen LogP contribution is -2.35. The molecule has 1 fully saturated rings. The van der Waals surface area contributed by atoms with Crippen LogP contribution in [0.4, 0.5) is 0 Å². The minimum Gasteiger partial charge on any atom is -0.306 e. The van der Waals surface area contributed by atoms with Crippen LogP contribution in [0.25, 0.3) is 0 Å². The van der Waals surface area contributed by atoms with Gasteiger partial charge in [-0.2, -0.15) is 0 Å². The van der Waals surface area contributed by atoms with Crippen LogP contribution in [0, 0.1) is 0 Å². The maximum atomic E-state index is 13.0. The van der Waals surface area contributed by atoms with Gasteiger partial charge in [0.05, 0.1) is 6.61 Å². The first-order chi connectivity index (χ1) is 9.99. The van der Waals surface area contributed by atoms with Crippen molar-refractivity contribution in [2.75, 3.05) is 37.8 Å². The molecule has 0 spiro atoms. The predicted octanol–water partition coefficient (Wildman–Crippen LogP) is 1.88. The maximum Gasteiger partial charge on any atom is 0.343 e. The Morgan fingerprint density at radius 1 is 1.57 bits per heavy atom. The molecule has 0 aromatic carbocycles. The summed E-state index contributed by atoms with van der Waals surface area (Å²) in [6.07, 6.45) is 0.245. The molecule has 1 rings (SSSR count). The lowest BCUT2D eigenvalue weighted by atomic mass is 10.5. The number of rotatable bonds is 5. The molecule has 0 amide bonds. The smallest absolute Gasteiger partial charge is 0.306 e. The Hall–Kier alpha value is 0.690. The zero-order chi connectivity index (χ0) is 18.5. The lowest BCUT2D eigenvalue weighted by molar-refractivity contribution is 0.233. The van der Waals surface area contributed by atoms with Crippen LogP contribution < -0.4 is 5.08 Å². The molecule has 4 nitrogen and oxygen atoms in total. The molecule has 1 aliphatic heterocycles. The van der Waals surface area contributed by atoms with Gasteiger partial charge in [0.25, 0.3) is 0 Å². The monoisotopic (exact) mass is 269 g/mol. The molecule has 1 aliphatic rings. The van der Waals surface area contributed by atoms with E-state index >= 15 is 0 Å². The molecule has 7 heteroatoms. The summed E-state index contributed by atoms with van der Waals surface area (Å²) in [5.74, 6) is -6.58. The van der Waals surface area contributed by atoms with Crippen molar-refractivity contribution in [1.82, 2.24) is 9.75 Å². The second-order valence-electron chi connectivity index (χ2n) is 2.27. The zero-order valence-corrected chi connectivity index (χ0v) is 9.44.